The van der Waals surface area contributed by atoms with Gasteiger partial charge in [-0.3, -0.25) is 0 Å². The van der Waals surface area contributed by atoms with Gasteiger partial charge in [-0.2, -0.15) is 0 Å². The van der Waals surface area contributed by atoms with Gasteiger partial charge in [0.1, 0.15) is 8.48 Å². The lowest BCUT2D eigenvalue weighted by Crippen LogP contribution is -2.47. The van der Waals surface area contributed by atoms with Crippen molar-refractivity contribution in [1.29, 1.82) is 0 Å². The van der Waals surface area contributed by atoms with Gasteiger partial charge in [0, 0.05) is 6.61 Å². The maximum absolute atomic E-state index is 5.63. The molecule has 1 aliphatic rings. The van der Waals surface area contributed by atoms with Gasteiger partial charge in [-0.05, 0) is 25.6 Å². The summed E-state index contributed by atoms with van der Waals surface area (Å²) < 4.78 is 8.31. The second-order valence-corrected chi connectivity index (χ2v) is 10.3. The van der Waals surface area contributed by atoms with Gasteiger partial charge in [-0.1, -0.05) is 13.8 Å². The largest absolute Gasteiger partial charge is 0.426 e. The minimum Gasteiger partial charge on any atom is -0.426 e. The molecule has 1 fully saturated rings. The van der Waals surface area contributed by atoms with Crippen molar-refractivity contribution >= 4 is 17.8 Å². The van der Waals surface area contributed by atoms with Crippen LogP contribution in [0.2, 0.25) is 6.04 Å². The Morgan fingerprint density at radius 1 is 1.45 bits per heavy atom. The molecular weight excluding hydrogens is 170 g/mol. The molecule has 1 saturated heterocycles. The van der Waals surface area contributed by atoms with Crippen molar-refractivity contribution in [2.75, 3.05) is 19.7 Å². The van der Waals surface area contributed by atoms with Crippen LogP contribution in [0.3, 0.4) is 0 Å². The molecule has 0 radical (unpaired) electrons. The van der Waals surface area contributed by atoms with Crippen LogP contribution in [0.25, 0.3) is 0 Å². The molecule has 1 unspecified atom stereocenters. The number of hydrogen-bond acceptors (Lipinski definition) is 2. The first-order chi connectivity index (χ1) is 5.38. The van der Waals surface area contributed by atoms with Crippen LogP contribution >= 0.6 is 0 Å². The predicted molar refractivity (Wildman–Crippen MR) is 54.0 cm³/mol. The highest BCUT2D eigenvalue weighted by molar-refractivity contribution is 7.08. The highest BCUT2D eigenvalue weighted by atomic mass is 29.2. The molecule has 0 saturated carbocycles. The molecule has 0 aromatic heterocycles. The van der Waals surface area contributed by atoms with Crippen LogP contribution in [0, 0.1) is 0 Å². The zero-order valence-corrected chi connectivity index (χ0v) is 10.2. The Kier molecular flexibility index (Phi) is 4.36. The third-order valence-corrected chi connectivity index (χ3v) is 10.8. The smallest absolute Gasteiger partial charge is 0.164 e. The highest BCUT2D eigenvalue weighted by Crippen LogP contribution is 2.08. The Hall–Kier alpha value is 0.354. The number of hydrogen-bond donors (Lipinski definition) is 0. The summed E-state index contributed by atoms with van der Waals surface area (Å²) in [7, 11) is -0.573. The van der Waals surface area contributed by atoms with E-state index in [1.807, 2.05) is 0 Å². The van der Waals surface area contributed by atoms with E-state index >= 15 is 0 Å². The Balaban J connectivity index is 2.30. The van der Waals surface area contributed by atoms with E-state index in [0.717, 1.165) is 6.61 Å². The maximum Gasteiger partial charge on any atom is 0.164 e. The Morgan fingerprint density at radius 3 is 2.64 bits per heavy atom. The molecule has 0 N–H and O–H groups in total. The van der Waals surface area contributed by atoms with Gasteiger partial charge in [0.05, 0.1) is 0 Å². The molecular formula is C7H19NOSi2. The summed E-state index contributed by atoms with van der Waals surface area (Å²) in [6, 6.07) is 1.52. The van der Waals surface area contributed by atoms with Gasteiger partial charge in [0.15, 0.2) is 9.28 Å². The quantitative estimate of drug-likeness (QED) is 0.582. The molecule has 0 aliphatic carbocycles. The standard InChI is InChI=1S/C7H19NOSi2/c1-3-8(4-2)11-7-5-6-9-10-11/h11H,3-7,10H2,1-2H3. The van der Waals surface area contributed by atoms with Gasteiger partial charge in [-0.25, -0.2) is 0 Å². The molecule has 4 heteroatoms. The maximum atomic E-state index is 5.63. The summed E-state index contributed by atoms with van der Waals surface area (Å²) in [5.41, 5.74) is 0. The van der Waals surface area contributed by atoms with Crippen molar-refractivity contribution in [1.82, 2.24) is 4.57 Å². The molecule has 11 heavy (non-hydrogen) atoms. The van der Waals surface area contributed by atoms with Gasteiger partial charge in [0.25, 0.3) is 0 Å². The van der Waals surface area contributed by atoms with Crippen molar-refractivity contribution in [2.45, 2.75) is 26.3 Å². The van der Waals surface area contributed by atoms with Crippen molar-refractivity contribution in [3.05, 3.63) is 0 Å². The van der Waals surface area contributed by atoms with E-state index in [0.29, 0.717) is 0 Å². The summed E-state index contributed by atoms with van der Waals surface area (Å²) in [4.78, 5) is 0. The first-order valence-corrected chi connectivity index (χ1v) is 9.87. The van der Waals surface area contributed by atoms with E-state index in [-0.39, 0.29) is 9.28 Å². The number of nitrogens with zero attached hydrogens (tertiary/aromatic N) is 1. The monoisotopic (exact) mass is 189 g/mol. The van der Waals surface area contributed by atoms with Crippen molar-refractivity contribution in [2.24, 2.45) is 0 Å². The predicted octanol–water partition coefficient (Wildman–Crippen LogP) is 0.0528. The van der Waals surface area contributed by atoms with Crippen molar-refractivity contribution in [3.63, 3.8) is 0 Å². The molecule has 2 nitrogen and oxygen atoms in total. The van der Waals surface area contributed by atoms with Crippen LogP contribution in [0.4, 0.5) is 0 Å². The molecule has 0 bridgehead atoms. The molecule has 0 spiro atoms. The van der Waals surface area contributed by atoms with Gasteiger partial charge in [0.2, 0.25) is 0 Å². The van der Waals surface area contributed by atoms with Crippen LogP contribution in [0.1, 0.15) is 20.3 Å². The zero-order valence-electron chi connectivity index (χ0n) is 7.68. The fraction of sp³-hybridized carbons (Fsp3) is 1.00. The van der Waals surface area contributed by atoms with E-state index in [1.165, 1.54) is 25.6 Å². The summed E-state index contributed by atoms with van der Waals surface area (Å²) in [5.74, 6) is 0. The van der Waals surface area contributed by atoms with E-state index in [4.69, 9.17) is 4.43 Å². The fourth-order valence-electron chi connectivity index (χ4n) is 1.75. The van der Waals surface area contributed by atoms with Gasteiger partial charge in [-0.15, -0.1) is 0 Å². The topological polar surface area (TPSA) is 12.5 Å². The lowest BCUT2D eigenvalue weighted by Gasteiger charge is -2.30. The summed E-state index contributed by atoms with van der Waals surface area (Å²) >= 11 is 0. The minimum absolute atomic E-state index is 0.0821. The van der Waals surface area contributed by atoms with Gasteiger partial charge < -0.3 is 8.99 Å². The Bertz CT molecular complexity index is 103. The van der Waals surface area contributed by atoms with E-state index < -0.39 is 8.48 Å². The minimum atomic E-state index is -0.491. The van der Waals surface area contributed by atoms with Gasteiger partial charge >= 0.3 is 0 Å². The molecule has 1 aliphatic heterocycles. The average molecular weight is 189 g/mol. The SMILES string of the molecule is CCN(CC)[SiH]1CCCO[SiH2]1. The van der Waals surface area contributed by atoms with E-state index in [2.05, 4.69) is 18.4 Å². The Labute approximate surface area is 73.3 Å². The zero-order chi connectivity index (χ0) is 8.10. The molecule has 0 amide bonds. The molecule has 0 aromatic carbocycles. The summed E-state index contributed by atoms with van der Waals surface area (Å²) in [6.07, 6.45) is 1.33. The van der Waals surface area contributed by atoms with Crippen molar-refractivity contribution < 1.29 is 4.43 Å². The summed E-state index contributed by atoms with van der Waals surface area (Å²) in [5, 5.41) is 0. The van der Waals surface area contributed by atoms with Crippen LogP contribution in [0.15, 0.2) is 0 Å². The lowest BCUT2D eigenvalue weighted by molar-refractivity contribution is 0.326. The highest BCUT2D eigenvalue weighted by Gasteiger charge is 2.21. The van der Waals surface area contributed by atoms with Crippen LogP contribution in [0.5, 0.6) is 0 Å². The van der Waals surface area contributed by atoms with Crippen molar-refractivity contribution in [3.8, 4) is 0 Å². The fourth-order valence-corrected chi connectivity index (χ4v) is 9.67. The first kappa shape index (κ1) is 9.44. The molecule has 1 rings (SSSR count). The normalized spacial score (nSPS) is 28.1. The third kappa shape index (κ3) is 2.70. The lowest BCUT2D eigenvalue weighted by atomic mass is 10.5. The second kappa shape index (κ2) is 5.08. The average Bonchev–Trinajstić information content (AvgIpc) is 2.09. The second-order valence-electron chi connectivity index (χ2n) is 3.09. The van der Waals surface area contributed by atoms with Crippen LogP contribution in [-0.4, -0.2) is 42.0 Å². The number of rotatable bonds is 3. The summed E-state index contributed by atoms with van der Waals surface area (Å²) in [6.45, 7) is 8.13. The first-order valence-electron chi connectivity index (χ1n) is 4.70. The van der Waals surface area contributed by atoms with Crippen LogP contribution < -0.4 is 0 Å². The van der Waals surface area contributed by atoms with E-state index in [9.17, 15) is 0 Å². The molecule has 0 aromatic rings. The van der Waals surface area contributed by atoms with E-state index in [1.54, 1.807) is 0 Å². The molecule has 1 heterocycles. The van der Waals surface area contributed by atoms with Crippen LogP contribution in [-0.2, 0) is 4.43 Å². The third-order valence-electron chi connectivity index (χ3n) is 2.47. The molecule has 66 valence electrons. The Morgan fingerprint density at radius 2 is 2.18 bits per heavy atom. The molecule has 1 atom stereocenters.